The van der Waals surface area contributed by atoms with Crippen molar-refractivity contribution in [2.45, 2.75) is 6.42 Å². The van der Waals surface area contributed by atoms with Crippen molar-refractivity contribution in [3.8, 4) is 5.69 Å². The summed E-state index contributed by atoms with van der Waals surface area (Å²) in [4.78, 5) is 14.7. The van der Waals surface area contributed by atoms with Gasteiger partial charge in [-0.2, -0.15) is 0 Å². The Morgan fingerprint density at radius 3 is 2.65 bits per heavy atom. The van der Waals surface area contributed by atoms with Gasteiger partial charge >= 0.3 is 0 Å². The number of hydrogen-bond donors (Lipinski definition) is 0. The van der Waals surface area contributed by atoms with Gasteiger partial charge in [-0.25, -0.2) is 0 Å². The Balaban J connectivity index is 1.68. The smallest absolute Gasteiger partial charge is 0.258 e. The average Bonchev–Trinajstić information content (AvgIpc) is 3.23. The van der Waals surface area contributed by atoms with E-state index in [2.05, 4.69) is 0 Å². The largest absolute Gasteiger partial charge is 0.324 e. The summed E-state index contributed by atoms with van der Waals surface area (Å²) in [6.45, 7) is 0.697. The minimum absolute atomic E-state index is 0.0279. The Bertz CT molecular complexity index is 871. The van der Waals surface area contributed by atoms with Crippen molar-refractivity contribution in [3.05, 3.63) is 83.1 Å². The molecular weight excluding hydrogens is 308 g/mol. The van der Waals surface area contributed by atoms with E-state index in [9.17, 15) is 4.79 Å². The number of carbonyl (C=O) groups excluding carboxylic acids is 1. The molecule has 1 amide bonds. The van der Waals surface area contributed by atoms with E-state index in [4.69, 9.17) is 11.6 Å². The second kappa shape index (κ2) is 5.60. The maximum absolute atomic E-state index is 12.9. The predicted octanol–water partition coefficient (Wildman–Crippen LogP) is 4.33. The van der Waals surface area contributed by atoms with Gasteiger partial charge in [0.25, 0.3) is 5.91 Å². The number of amides is 1. The highest BCUT2D eigenvalue weighted by Gasteiger charge is 2.25. The molecule has 0 atom stereocenters. The van der Waals surface area contributed by atoms with Crippen LogP contribution in [0.2, 0.25) is 5.02 Å². The Morgan fingerprint density at radius 1 is 1.00 bits per heavy atom. The SMILES string of the molecule is O=C(c1cccc(-n2cccc2)c1)N1CCc2cc(Cl)ccc21. The standard InChI is InChI=1S/C19H15ClN2O/c20-16-6-7-18-14(12-16)8-11-22(18)19(23)15-4-3-5-17(13-15)21-9-1-2-10-21/h1-7,9-10,12-13H,8,11H2. The van der Waals surface area contributed by atoms with E-state index >= 15 is 0 Å². The molecular formula is C19H15ClN2O. The molecule has 0 saturated carbocycles. The first-order chi connectivity index (χ1) is 11.2. The van der Waals surface area contributed by atoms with Crippen molar-refractivity contribution in [1.82, 2.24) is 4.57 Å². The summed E-state index contributed by atoms with van der Waals surface area (Å²) in [5, 5.41) is 0.715. The quantitative estimate of drug-likeness (QED) is 0.689. The second-order valence-corrected chi connectivity index (χ2v) is 6.06. The third-order valence-corrected chi connectivity index (χ3v) is 4.41. The number of anilines is 1. The number of nitrogens with zero attached hydrogens (tertiary/aromatic N) is 2. The molecule has 1 aliphatic heterocycles. The van der Waals surface area contributed by atoms with E-state index in [1.165, 1.54) is 0 Å². The normalized spacial score (nSPS) is 13.2. The lowest BCUT2D eigenvalue weighted by atomic mass is 10.1. The summed E-state index contributed by atoms with van der Waals surface area (Å²) in [6.07, 6.45) is 4.78. The van der Waals surface area contributed by atoms with Crippen LogP contribution in [0.3, 0.4) is 0 Å². The minimum Gasteiger partial charge on any atom is -0.324 e. The van der Waals surface area contributed by atoms with Gasteiger partial charge in [-0.1, -0.05) is 17.7 Å². The fraction of sp³-hybridized carbons (Fsp3) is 0.105. The van der Waals surface area contributed by atoms with Gasteiger partial charge in [0.05, 0.1) is 0 Å². The lowest BCUT2D eigenvalue weighted by Gasteiger charge is -2.18. The van der Waals surface area contributed by atoms with Crippen LogP contribution in [0.5, 0.6) is 0 Å². The van der Waals surface area contributed by atoms with Crippen LogP contribution in [0.1, 0.15) is 15.9 Å². The average molecular weight is 323 g/mol. The Hall–Kier alpha value is -2.52. The number of carbonyl (C=O) groups is 1. The van der Waals surface area contributed by atoms with Crippen LogP contribution >= 0.6 is 11.6 Å². The van der Waals surface area contributed by atoms with Crippen LogP contribution in [0.15, 0.2) is 67.0 Å². The molecule has 0 N–H and O–H groups in total. The fourth-order valence-electron chi connectivity index (χ4n) is 3.04. The van der Waals surface area contributed by atoms with Crippen LogP contribution in [0.25, 0.3) is 5.69 Å². The summed E-state index contributed by atoms with van der Waals surface area (Å²) in [7, 11) is 0. The third-order valence-electron chi connectivity index (χ3n) is 4.18. The summed E-state index contributed by atoms with van der Waals surface area (Å²) in [5.74, 6) is 0.0279. The lowest BCUT2D eigenvalue weighted by Crippen LogP contribution is -2.28. The van der Waals surface area contributed by atoms with E-state index < -0.39 is 0 Å². The molecule has 0 aliphatic carbocycles. The van der Waals surface area contributed by atoms with Crippen molar-refractivity contribution in [2.75, 3.05) is 11.4 Å². The molecule has 4 rings (SSSR count). The molecule has 3 aromatic rings. The number of halogens is 1. The van der Waals surface area contributed by atoms with E-state index in [0.717, 1.165) is 23.4 Å². The van der Waals surface area contributed by atoms with E-state index in [0.29, 0.717) is 17.1 Å². The maximum Gasteiger partial charge on any atom is 0.258 e. The fourth-order valence-corrected chi connectivity index (χ4v) is 3.24. The van der Waals surface area contributed by atoms with Gasteiger partial charge in [0.2, 0.25) is 0 Å². The predicted molar refractivity (Wildman–Crippen MR) is 92.6 cm³/mol. The molecule has 0 fully saturated rings. The second-order valence-electron chi connectivity index (χ2n) is 5.62. The number of rotatable bonds is 2. The van der Waals surface area contributed by atoms with E-state index in [-0.39, 0.29) is 5.91 Å². The molecule has 1 aromatic heterocycles. The summed E-state index contributed by atoms with van der Waals surface area (Å²) < 4.78 is 1.99. The van der Waals surface area contributed by atoms with Crippen molar-refractivity contribution < 1.29 is 4.79 Å². The van der Waals surface area contributed by atoms with E-state index in [1.807, 2.05) is 76.5 Å². The summed E-state index contributed by atoms with van der Waals surface area (Å²) in [5.41, 5.74) is 3.77. The molecule has 23 heavy (non-hydrogen) atoms. The van der Waals surface area contributed by atoms with Crippen molar-refractivity contribution >= 4 is 23.2 Å². The van der Waals surface area contributed by atoms with Crippen LogP contribution in [-0.4, -0.2) is 17.0 Å². The first-order valence-electron chi connectivity index (χ1n) is 7.56. The lowest BCUT2D eigenvalue weighted by molar-refractivity contribution is 0.0989. The third kappa shape index (κ3) is 2.53. The van der Waals surface area contributed by atoms with Crippen molar-refractivity contribution in [3.63, 3.8) is 0 Å². The van der Waals surface area contributed by atoms with Gasteiger partial charge in [0, 0.05) is 40.9 Å². The topological polar surface area (TPSA) is 25.2 Å². The van der Waals surface area contributed by atoms with Crippen molar-refractivity contribution in [1.29, 1.82) is 0 Å². The van der Waals surface area contributed by atoms with Gasteiger partial charge in [-0.15, -0.1) is 0 Å². The van der Waals surface area contributed by atoms with Crippen LogP contribution in [0.4, 0.5) is 5.69 Å². The van der Waals surface area contributed by atoms with Crippen molar-refractivity contribution in [2.24, 2.45) is 0 Å². The zero-order valence-electron chi connectivity index (χ0n) is 12.4. The molecule has 1 aliphatic rings. The Morgan fingerprint density at radius 2 is 1.83 bits per heavy atom. The number of hydrogen-bond acceptors (Lipinski definition) is 1. The van der Waals surface area contributed by atoms with Gasteiger partial charge in [0.1, 0.15) is 0 Å². The molecule has 3 nitrogen and oxygen atoms in total. The Labute approximate surface area is 139 Å². The highest BCUT2D eigenvalue weighted by Crippen LogP contribution is 2.31. The Kier molecular flexibility index (Phi) is 3.43. The van der Waals surface area contributed by atoms with Gasteiger partial charge in [-0.05, 0) is 60.5 Å². The first-order valence-corrected chi connectivity index (χ1v) is 7.94. The maximum atomic E-state index is 12.9. The molecule has 2 aromatic carbocycles. The molecule has 4 heteroatoms. The highest BCUT2D eigenvalue weighted by molar-refractivity contribution is 6.30. The van der Waals surface area contributed by atoms with Crippen LogP contribution < -0.4 is 4.90 Å². The van der Waals surface area contributed by atoms with Crippen LogP contribution in [-0.2, 0) is 6.42 Å². The van der Waals surface area contributed by atoms with Crippen LogP contribution in [0, 0.1) is 0 Å². The molecule has 0 bridgehead atoms. The van der Waals surface area contributed by atoms with Gasteiger partial charge < -0.3 is 9.47 Å². The highest BCUT2D eigenvalue weighted by atomic mass is 35.5. The molecule has 0 spiro atoms. The molecule has 0 saturated heterocycles. The zero-order valence-corrected chi connectivity index (χ0v) is 13.2. The summed E-state index contributed by atoms with van der Waals surface area (Å²) in [6, 6.07) is 17.3. The molecule has 0 unspecified atom stereocenters. The first kappa shape index (κ1) is 14.1. The molecule has 2 heterocycles. The number of benzene rings is 2. The number of aromatic nitrogens is 1. The van der Waals surface area contributed by atoms with Gasteiger partial charge in [0.15, 0.2) is 0 Å². The van der Waals surface area contributed by atoms with Gasteiger partial charge in [-0.3, -0.25) is 4.79 Å². The minimum atomic E-state index is 0.0279. The monoisotopic (exact) mass is 322 g/mol. The number of fused-ring (bicyclic) bond motifs is 1. The molecule has 114 valence electrons. The molecule has 0 radical (unpaired) electrons. The summed E-state index contributed by atoms with van der Waals surface area (Å²) >= 11 is 6.04. The van der Waals surface area contributed by atoms with E-state index in [1.54, 1.807) is 0 Å². The zero-order chi connectivity index (χ0) is 15.8.